The Morgan fingerprint density at radius 3 is 2.48 bits per heavy atom. The lowest BCUT2D eigenvalue weighted by Crippen LogP contribution is -2.39. The summed E-state index contributed by atoms with van der Waals surface area (Å²) in [6.07, 6.45) is 1.90. The number of ether oxygens (including phenoxy) is 1. The maximum absolute atomic E-state index is 12.7. The van der Waals surface area contributed by atoms with Crippen molar-refractivity contribution in [1.29, 1.82) is 0 Å². The first-order chi connectivity index (χ1) is 13.7. The van der Waals surface area contributed by atoms with Crippen molar-refractivity contribution < 1.29 is 17.9 Å². The third kappa shape index (κ3) is 6.87. The highest BCUT2D eigenvalue weighted by atomic mass is 32.2. The molecule has 0 atom stereocenters. The van der Waals surface area contributed by atoms with Crippen LogP contribution in [0.3, 0.4) is 0 Å². The molecular formula is C22H30N2O4S. The molecule has 158 valence electrons. The van der Waals surface area contributed by atoms with E-state index in [9.17, 15) is 13.2 Å². The highest BCUT2D eigenvalue weighted by molar-refractivity contribution is 7.90. The van der Waals surface area contributed by atoms with Gasteiger partial charge in [0.1, 0.15) is 5.75 Å². The summed E-state index contributed by atoms with van der Waals surface area (Å²) in [6, 6.07) is 14.4. The average Bonchev–Trinajstić information content (AvgIpc) is 2.67. The summed E-state index contributed by atoms with van der Waals surface area (Å²) >= 11 is 0. The van der Waals surface area contributed by atoms with Crippen molar-refractivity contribution in [1.82, 2.24) is 4.90 Å². The minimum Gasteiger partial charge on any atom is -0.494 e. The SMILES string of the molecule is CCN(C(=O)CN(C)CCCOc1cccc(S(C)(=O)=O)c1)c1ccccc1C. The van der Waals surface area contributed by atoms with Gasteiger partial charge in [0.05, 0.1) is 18.0 Å². The molecule has 7 heteroatoms. The molecule has 0 saturated carbocycles. The number of sulfone groups is 1. The van der Waals surface area contributed by atoms with Gasteiger partial charge in [-0.25, -0.2) is 8.42 Å². The van der Waals surface area contributed by atoms with Crippen LogP contribution in [0.5, 0.6) is 5.75 Å². The number of para-hydroxylation sites is 1. The number of nitrogens with zero attached hydrogens (tertiary/aromatic N) is 2. The molecule has 0 fully saturated rings. The standard InChI is InChI=1S/C22H30N2O4S/c1-5-24(21-13-7-6-10-18(21)2)22(25)17-23(3)14-9-15-28-19-11-8-12-20(16-19)29(4,26)27/h6-8,10-13,16H,5,9,14-15,17H2,1-4H3. The van der Waals surface area contributed by atoms with Gasteiger partial charge in [0.2, 0.25) is 5.91 Å². The summed E-state index contributed by atoms with van der Waals surface area (Å²) in [7, 11) is -1.34. The normalized spacial score (nSPS) is 11.5. The largest absolute Gasteiger partial charge is 0.494 e. The number of hydrogen-bond donors (Lipinski definition) is 0. The molecule has 1 amide bonds. The molecule has 0 spiro atoms. The number of aryl methyl sites for hydroxylation is 1. The number of amides is 1. The first kappa shape index (κ1) is 22.9. The van der Waals surface area contributed by atoms with E-state index in [0.717, 1.165) is 17.7 Å². The summed E-state index contributed by atoms with van der Waals surface area (Å²) in [4.78, 5) is 16.7. The van der Waals surface area contributed by atoms with Crippen molar-refractivity contribution in [2.24, 2.45) is 0 Å². The van der Waals surface area contributed by atoms with Crippen LogP contribution < -0.4 is 9.64 Å². The monoisotopic (exact) mass is 418 g/mol. The third-order valence-electron chi connectivity index (χ3n) is 4.62. The van der Waals surface area contributed by atoms with E-state index in [4.69, 9.17) is 4.74 Å². The molecule has 2 aromatic carbocycles. The topological polar surface area (TPSA) is 66.9 Å². The first-order valence-electron chi connectivity index (χ1n) is 9.70. The van der Waals surface area contributed by atoms with Gasteiger partial charge in [-0.2, -0.15) is 0 Å². The fourth-order valence-electron chi connectivity index (χ4n) is 3.06. The molecule has 29 heavy (non-hydrogen) atoms. The number of rotatable bonds is 10. The lowest BCUT2D eigenvalue weighted by Gasteiger charge is -2.25. The zero-order valence-corrected chi connectivity index (χ0v) is 18.4. The van der Waals surface area contributed by atoms with Crippen LogP contribution in [0.15, 0.2) is 53.4 Å². The summed E-state index contributed by atoms with van der Waals surface area (Å²) in [5.41, 5.74) is 2.03. The minimum absolute atomic E-state index is 0.0612. The molecule has 0 heterocycles. The number of hydrogen-bond acceptors (Lipinski definition) is 5. The molecule has 0 aromatic heterocycles. The highest BCUT2D eigenvalue weighted by Gasteiger charge is 2.17. The molecule has 2 aromatic rings. The van der Waals surface area contributed by atoms with Crippen LogP contribution >= 0.6 is 0 Å². The second kappa shape index (κ2) is 10.4. The third-order valence-corrected chi connectivity index (χ3v) is 5.73. The van der Waals surface area contributed by atoms with Crippen molar-refractivity contribution in [3.8, 4) is 5.75 Å². The van der Waals surface area contributed by atoms with E-state index >= 15 is 0 Å². The van der Waals surface area contributed by atoms with Gasteiger partial charge < -0.3 is 9.64 Å². The highest BCUT2D eigenvalue weighted by Crippen LogP contribution is 2.20. The van der Waals surface area contributed by atoms with Crippen molar-refractivity contribution >= 4 is 21.4 Å². The van der Waals surface area contributed by atoms with Crippen LogP contribution in [0, 0.1) is 6.92 Å². The molecule has 2 rings (SSSR count). The molecule has 0 N–H and O–H groups in total. The summed E-state index contributed by atoms with van der Waals surface area (Å²) < 4.78 is 28.9. The molecule has 0 aliphatic carbocycles. The Morgan fingerprint density at radius 1 is 1.10 bits per heavy atom. The number of carbonyl (C=O) groups excluding carboxylic acids is 1. The second-order valence-corrected chi connectivity index (χ2v) is 9.13. The fraction of sp³-hybridized carbons (Fsp3) is 0.409. The summed E-state index contributed by atoms with van der Waals surface area (Å²) in [5.74, 6) is 0.592. The number of carbonyl (C=O) groups is 1. The quantitative estimate of drug-likeness (QED) is 0.555. The van der Waals surface area contributed by atoms with Gasteiger partial charge in [0.25, 0.3) is 0 Å². The van der Waals surface area contributed by atoms with E-state index in [1.165, 1.54) is 12.3 Å². The van der Waals surface area contributed by atoms with E-state index in [0.29, 0.717) is 32.0 Å². The maximum atomic E-state index is 12.7. The number of likely N-dealkylation sites (N-methyl/N-ethyl adjacent to an activating group) is 2. The molecule has 0 unspecified atom stereocenters. The number of anilines is 1. The average molecular weight is 419 g/mol. The van der Waals surface area contributed by atoms with Crippen LogP contribution in [0.4, 0.5) is 5.69 Å². The molecule has 6 nitrogen and oxygen atoms in total. The second-order valence-electron chi connectivity index (χ2n) is 7.11. The van der Waals surface area contributed by atoms with Gasteiger partial charge in [-0.05, 0) is 57.1 Å². The van der Waals surface area contributed by atoms with Crippen molar-refractivity contribution in [3.63, 3.8) is 0 Å². The molecule has 0 saturated heterocycles. The molecule has 0 aliphatic rings. The van der Waals surface area contributed by atoms with Gasteiger partial charge in [-0.1, -0.05) is 24.3 Å². The first-order valence-corrected chi connectivity index (χ1v) is 11.6. The van der Waals surface area contributed by atoms with Gasteiger partial charge >= 0.3 is 0 Å². The lowest BCUT2D eigenvalue weighted by molar-refractivity contribution is -0.119. The van der Waals surface area contributed by atoms with Crippen LogP contribution in [0.1, 0.15) is 18.9 Å². The van der Waals surface area contributed by atoms with E-state index in [1.807, 2.05) is 50.1 Å². The zero-order chi connectivity index (χ0) is 21.4. The Bertz CT molecular complexity index is 928. The Hall–Kier alpha value is -2.38. The van der Waals surface area contributed by atoms with Gasteiger partial charge in [0.15, 0.2) is 9.84 Å². The lowest BCUT2D eigenvalue weighted by atomic mass is 10.2. The Labute approximate surface area is 174 Å². The van der Waals surface area contributed by atoms with E-state index < -0.39 is 9.84 Å². The van der Waals surface area contributed by atoms with Crippen LogP contribution in [-0.2, 0) is 14.6 Å². The summed E-state index contributed by atoms with van der Waals surface area (Å²) in [6.45, 7) is 6.07. The minimum atomic E-state index is -3.25. The van der Waals surface area contributed by atoms with Gasteiger partial charge in [-0.3, -0.25) is 9.69 Å². The molecule has 0 aliphatic heterocycles. The van der Waals surface area contributed by atoms with Crippen molar-refractivity contribution in [2.45, 2.75) is 25.2 Å². The molecule has 0 radical (unpaired) electrons. The Kier molecular flexibility index (Phi) is 8.22. The Morgan fingerprint density at radius 2 is 1.83 bits per heavy atom. The van der Waals surface area contributed by atoms with Gasteiger partial charge in [0, 0.05) is 25.0 Å². The van der Waals surface area contributed by atoms with Crippen molar-refractivity contribution in [3.05, 3.63) is 54.1 Å². The van der Waals surface area contributed by atoms with Crippen LogP contribution in [-0.4, -0.2) is 58.8 Å². The predicted octanol–water partition coefficient (Wildman–Crippen LogP) is 3.15. The Balaban J connectivity index is 1.82. The van der Waals surface area contributed by atoms with E-state index in [2.05, 4.69) is 0 Å². The smallest absolute Gasteiger partial charge is 0.241 e. The van der Waals surface area contributed by atoms with Crippen LogP contribution in [0.25, 0.3) is 0 Å². The maximum Gasteiger partial charge on any atom is 0.241 e. The molecular weight excluding hydrogens is 388 g/mol. The van der Waals surface area contributed by atoms with E-state index in [-0.39, 0.29) is 10.8 Å². The summed E-state index contributed by atoms with van der Waals surface area (Å²) in [5, 5.41) is 0. The van der Waals surface area contributed by atoms with Crippen molar-refractivity contribution in [2.75, 3.05) is 44.4 Å². The molecule has 0 bridgehead atoms. The fourth-order valence-corrected chi connectivity index (χ4v) is 3.72. The van der Waals surface area contributed by atoms with E-state index in [1.54, 1.807) is 23.1 Å². The number of benzene rings is 2. The van der Waals surface area contributed by atoms with Crippen LogP contribution in [0.2, 0.25) is 0 Å². The van der Waals surface area contributed by atoms with Gasteiger partial charge in [-0.15, -0.1) is 0 Å². The predicted molar refractivity (Wildman–Crippen MR) is 116 cm³/mol. The zero-order valence-electron chi connectivity index (χ0n) is 17.6.